The minimum absolute atomic E-state index is 0.243. The Morgan fingerprint density at radius 3 is 3.00 bits per heavy atom. The Balaban J connectivity index is 1.89. The van der Waals surface area contributed by atoms with Crippen LogP contribution in [0.1, 0.15) is 27.4 Å². The molecule has 96 valence electrons. The van der Waals surface area contributed by atoms with Gasteiger partial charge in [0.15, 0.2) is 0 Å². The maximum absolute atomic E-state index is 11.8. The van der Waals surface area contributed by atoms with Gasteiger partial charge in [-0.25, -0.2) is 0 Å². The van der Waals surface area contributed by atoms with Crippen LogP contribution in [0.2, 0.25) is 0 Å². The van der Waals surface area contributed by atoms with E-state index in [4.69, 9.17) is 9.68 Å². The van der Waals surface area contributed by atoms with E-state index in [1.54, 1.807) is 0 Å². The number of carbonyl (C=O) groups excluding carboxylic acids is 1. The molecule has 0 saturated carbocycles. The van der Waals surface area contributed by atoms with Gasteiger partial charge in [-0.15, -0.1) is 0 Å². The fourth-order valence-corrected chi connectivity index (χ4v) is 1.65. The second-order valence-corrected chi connectivity index (χ2v) is 4.09. The largest absolute Gasteiger partial charge is 0.466 e. The molecule has 0 saturated heterocycles. The van der Waals surface area contributed by atoms with Crippen LogP contribution >= 0.6 is 0 Å². The van der Waals surface area contributed by atoms with E-state index in [2.05, 4.69) is 10.3 Å². The van der Waals surface area contributed by atoms with Gasteiger partial charge in [0.1, 0.15) is 17.6 Å². The summed E-state index contributed by atoms with van der Waals surface area (Å²) >= 11 is 0. The number of furan rings is 1. The molecule has 2 heterocycles. The lowest BCUT2D eigenvalue weighted by atomic mass is 10.2. The molecule has 19 heavy (non-hydrogen) atoms. The number of amides is 1. The number of pyridine rings is 1. The van der Waals surface area contributed by atoms with Crippen LogP contribution in [0.15, 0.2) is 35.0 Å². The van der Waals surface area contributed by atoms with Crippen LogP contribution in [0.3, 0.4) is 0 Å². The van der Waals surface area contributed by atoms with E-state index >= 15 is 0 Å². The third kappa shape index (κ3) is 3.42. The maximum atomic E-state index is 11.8. The van der Waals surface area contributed by atoms with Crippen molar-refractivity contribution in [1.82, 2.24) is 10.3 Å². The highest BCUT2D eigenvalue weighted by Gasteiger charge is 2.07. The second-order valence-electron chi connectivity index (χ2n) is 4.09. The molecule has 0 radical (unpaired) electrons. The standard InChI is InChI=1S/C14H13N3O2/c1-10-2-3-13(19-10)4-5-17-14(18)12-6-11(7-15)8-16-9-12/h2-3,6,8-9H,4-5H2,1H3,(H,17,18). The average molecular weight is 255 g/mol. The molecule has 0 aliphatic carbocycles. The predicted molar refractivity (Wildman–Crippen MR) is 68.4 cm³/mol. The molecule has 2 rings (SSSR count). The summed E-state index contributed by atoms with van der Waals surface area (Å²) in [5.74, 6) is 1.45. The molecular weight excluding hydrogens is 242 g/mol. The molecule has 5 heteroatoms. The van der Waals surface area contributed by atoms with Crippen LogP contribution in [-0.4, -0.2) is 17.4 Å². The highest BCUT2D eigenvalue weighted by atomic mass is 16.3. The first-order valence-electron chi connectivity index (χ1n) is 5.87. The summed E-state index contributed by atoms with van der Waals surface area (Å²) in [6, 6.07) is 7.24. The summed E-state index contributed by atoms with van der Waals surface area (Å²) in [6.45, 7) is 2.35. The van der Waals surface area contributed by atoms with Gasteiger partial charge in [-0.2, -0.15) is 5.26 Å². The van der Waals surface area contributed by atoms with Gasteiger partial charge in [0.25, 0.3) is 5.91 Å². The van der Waals surface area contributed by atoms with E-state index in [1.165, 1.54) is 18.5 Å². The molecule has 5 nitrogen and oxygen atoms in total. The predicted octanol–water partition coefficient (Wildman–Crippen LogP) is 1.83. The number of nitrogens with one attached hydrogen (secondary N) is 1. The Morgan fingerprint density at radius 1 is 1.47 bits per heavy atom. The first-order valence-corrected chi connectivity index (χ1v) is 5.87. The van der Waals surface area contributed by atoms with E-state index < -0.39 is 0 Å². The zero-order valence-electron chi connectivity index (χ0n) is 10.5. The van der Waals surface area contributed by atoms with Crippen molar-refractivity contribution in [3.8, 4) is 6.07 Å². The molecule has 2 aromatic rings. The van der Waals surface area contributed by atoms with E-state index in [0.29, 0.717) is 24.1 Å². The molecule has 1 amide bonds. The normalized spacial score (nSPS) is 9.89. The number of aryl methyl sites for hydroxylation is 1. The van der Waals surface area contributed by atoms with Crippen molar-refractivity contribution < 1.29 is 9.21 Å². The SMILES string of the molecule is Cc1ccc(CCNC(=O)c2cncc(C#N)c2)o1. The van der Waals surface area contributed by atoms with Gasteiger partial charge in [-0.3, -0.25) is 9.78 Å². The van der Waals surface area contributed by atoms with Crippen LogP contribution in [-0.2, 0) is 6.42 Å². The molecule has 0 aliphatic heterocycles. The number of hydrogen-bond acceptors (Lipinski definition) is 4. The fraction of sp³-hybridized carbons (Fsp3) is 0.214. The van der Waals surface area contributed by atoms with E-state index in [-0.39, 0.29) is 5.91 Å². The smallest absolute Gasteiger partial charge is 0.252 e. The molecule has 0 atom stereocenters. The molecule has 0 bridgehead atoms. The Bertz CT molecular complexity index is 626. The highest BCUT2D eigenvalue weighted by molar-refractivity contribution is 5.94. The number of hydrogen-bond donors (Lipinski definition) is 1. The summed E-state index contributed by atoms with van der Waals surface area (Å²) in [5, 5.41) is 11.5. The number of rotatable bonds is 4. The quantitative estimate of drug-likeness (QED) is 0.903. The fourth-order valence-electron chi connectivity index (χ4n) is 1.65. The summed E-state index contributed by atoms with van der Waals surface area (Å²) in [6.07, 6.45) is 3.49. The molecule has 0 unspecified atom stereocenters. The molecule has 0 aromatic carbocycles. The lowest BCUT2D eigenvalue weighted by molar-refractivity contribution is 0.0953. The summed E-state index contributed by atoms with van der Waals surface area (Å²) in [4.78, 5) is 15.7. The van der Waals surface area contributed by atoms with Gasteiger partial charge in [-0.05, 0) is 25.1 Å². The first-order chi connectivity index (χ1) is 9.19. The summed E-state index contributed by atoms with van der Waals surface area (Å²) < 4.78 is 5.40. The minimum atomic E-state index is -0.243. The van der Waals surface area contributed by atoms with Crippen molar-refractivity contribution in [2.75, 3.05) is 6.54 Å². The number of carbonyl (C=O) groups is 1. The molecular formula is C14H13N3O2. The van der Waals surface area contributed by atoms with Crippen LogP contribution in [0, 0.1) is 18.3 Å². The van der Waals surface area contributed by atoms with Gasteiger partial charge >= 0.3 is 0 Å². The number of aromatic nitrogens is 1. The van der Waals surface area contributed by atoms with Gasteiger partial charge in [0.2, 0.25) is 0 Å². The van der Waals surface area contributed by atoms with Crippen molar-refractivity contribution in [2.24, 2.45) is 0 Å². The Morgan fingerprint density at radius 2 is 2.32 bits per heavy atom. The first kappa shape index (κ1) is 12.8. The molecule has 0 spiro atoms. The second kappa shape index (κ2) is 5.83. The average Bonchev–Trinajstić information content (AvgIpc) is 2.84. The number of nitrogens with zero attached hydrogens (tertiary/aromatic N) is 2. The van der Waals surface area contributed by atoms with E-state index in [1.807, 2.05) is 25.1 Å². The minimum Gasteiger partial charge on any atom is -0.466 e. The summed E-state index contributed by atoms with van der Waals surface area (Å²) in [7, 11) is 0. The van der Waals surface area contributed by atoms with Gasteiger partial charge < -0.3 is 9.73 Å². The van der Waals surface area contributed by atoms with Crippen molar-refractivity contribution in [1.29, 1.82) is 5.26 Å². The van der Waals surface area contributed by atoms with Crippen molar-refractivity contribution in [2.45, 2.75) is 13.3 Å². The van der Waals surface area contributed by atoms with E-state index in [0.717, 1.165) is 11.5 Å². The third-order valence-corrected chi connectivity index (χ3v) is 2.58. The van der Waals surface area contributed by atoms with E-state index in [9.17, 15) is 4.79 Å². The summed E-state index contributed by atoms with van der Waals surface area (Å²) in [5.41, 5.74) is 0.754. The van der Waals surface area contributed by atoms with Crippen LogP contribution in [0.25, 0.3) is 0 Å². The topological polar surface area (TPSA) is 78.9 Å². The molecule has 0 fully saturated rings. The van der Waals surface area contributed by atoms with Crippen LogP contribution in [0.4, 0.5) is 0 Å². The monoisotopic (exact) mass is 255 g/mol. The van der Waals surface area contributed by atoms with Gasteiger partial charge in [0.05, 0.1) is 11.1 Å². The van der Waals surface area contributed by atoms with Crippen molar-refractivity contribution in [3.05, 3.63) is 53.2 Å². The third-order valence-electron chi connectivity index (χ3n) is 2.58. The molecule has 1 N–H and O–H groups in total. The van der Waals surface area contributed by atoms with Crippen LogP contribution in [0.5, 0.6) is 0 Å². The zero-order chi connectivity index (χ0) is 13.7. The lowest BCUT2D eigenvalue weighted by Gasteiger charge is -2.03. The Kier molecular flexibility index (Phi) is 3.94. The van der Waals surface area contributed by atoms with Gasteiger partial charge in [-0.1, -0.05) is 0 Å². The maximum Gasteiger partial charge on any atom is 0.252 e. The Hall–Kier alpha value is -2.61. The number of nitriles is 1. The molecule has 0 aliphatic rings. The Labute approximate surface area is 110 Å². The van der Waals surface area contributed by atoms with Gasteiger partial charge in [0, 0.05) is 25.4 Å². The van der Waals surface area contributed by atoms with Crippen LogP contribution < -0.4 is 5.32 Å². The van der Waals surface area contributed by atoms with Crippen molar-refractivity contribution in [3.63, 3.8) is 0 Å². The highest BCUT2D eigenvalue weighted by Crippen LogP contribution is 2.06. The lowest BCUT2D eigenvalue weighted by Crippen LogP contribution is -2.25. The molecule has 2 aromatic heterocycles. The zero-order valence-corrected chi connectivity index (χ0v) is 10.5. The van der Waals surface area contributed by atoms with Crippen molar-refractivity contribution >= 4 is 5.91 Å².